The maximum Gasteiger partial charge on any atom is 0.230 e. The highest BCUT2D eigenvalue weighted by atomic mass is 16.3. The summed E-state index contributed by atoms with van der Waals surface area (Å²) in [4.78, 5) is 17.4. The van der Waals surface area contributed by atoms with Crippen molar-refractivity contribution in [3.05, 3.63) is 59.7 Å². The molecule has 0 amide bonds. The maximum atomic E-state index is 5.90. The number of rotatable bonds is 3. The number of oxazole rings is 1. The number of nitrogens with one attached hydrogen (secondary N) is 1. The van der Waals surface area contributed by atoms with Crippen LogP contribution in [0, 0.1) is 20.8 Å². The van der Waals surface area contributed by atoms with E-state index in [4.69, 9.17) is 4.42 Å². The number of aromatic nitrogens is 4. The monoisotopic (exact) mass is 331 g/mol. The average molecular weight is 331 g/mol. The van der Waals surface area contributed by atoms with Gasteiger partial charge in [0.1, 0.15) is 17.2 Å². The molecule has 1 N–H and O–H groups in total. The zero-order valence-corrected chi connectivity index (χ0v) is 14.2. The predicted molar refractivity (Wildman–Crippen MR) is 96.8 cm³/mol. The van der Waals surface area contributed by atoms with Crippen LogP contribution in [-0.2, 0) is 0 Å². The predicted octanol–water partition coefficient (Wildman–Crippen LogP) is 4.35. The van der Waals surface area contributed by atoms with Crippen molar-refractivity contribution in [1.82, 2.24) is 19.9 Å². The molecule has 0 aliphatic rings. The van der Waals surface area contributed by atoms with Gasteiger partial charge in [0.15, 0.2) is 5.58 Å². The molecular formula is C19H17N5O. The standard InChI is InChI=1S/C19H17N5O/c1-11-8-9-14(23-19-21-12(2)20-13(3)22-19)10-15(11)18-24-16-6-4-5-7-17(16)25-18/h4-10H,1-3H3,(H,20,21,22,23). The molecule has 0 aliphatic heterocycles. The second-order valence-corrected chi connectivity index (χ2v) is 5.89. The van der Waals surface area contributed by atoms with Gasteiger partial charge in [-0.3, -0.25) is 0 Å². The van der Waals surface area contributed by atoms with Crippen LogP contribution in [0.1, 0.15) is 17.2 Å². The van der Waals surface area contributed by atoms with Crippen LogP contribution < -0.4 is 5.32 Å². The Hall–Kier alpha value is -3.28. The number of hydrogen-bond acceptors (Lipinski definition) is 6. The van der Waals surface area contributed by atoms with Crippen LogP contribution >= 0.6 is 0 Å². The van der Waals surface area contributed by atoms with Crippen molar-refractivity contribution in [3.63, 3.8) is 0 Å². The van der Waals surface area contributed by atoms with Gasteiger partial charge in [-0.05, 0) is 50.6 Å². The molecule has 4 rings (SSSR count). The van der Waals surface area contributed by atoms with Crippen LogP contribution in [0.2, 0.25) is 0 Å². The topological polar surface area (TPSA) is 76.7 Å². The Bertz CT molecular complexity index is 1020. The first-order valence-electron chi connectivity index (χ1n) is 8.01. The highest BCUT2D eigenvalue weighted by Gasteiger charge is 2.12. The fourth-order valence-electron chi connectivity index (χ4n) is 2.72. The van der Waals surface area contributed by atoms with Crippen molar-refractivity contribution >= 4 is 22.7 Å². The molecule has 0 saturated heterocycles. The third-order valence-corrected chi connectivity index (χ3v) is 3.88. The smallest absolute Gasteiger partial charge is 0.230 e. The molecule has 6 heteroatoms. The summed E-state index contributed by atoms with van der Waals surface area (Å²) in [6.07, 6.45) is 0. The van der Waals surface area contributed by atoms with Crippen LogP contribution in [0.5, 0.6) is 0 Å². The Balaban J connectivity index is 1.73. The summed E-state index contributed by atoms with van der Waals surface area (Å²) < 4.78 is 5.90. The lowest BCUT2D eigenvalue weighted by Crippen LogP contribution is -2.03. The third kappa shape index (κ3) is 3.06. The molecule has 0 saturated carbocycles. The van der Waals surface area contributed by atoms with Crippen molar-refractivity contribution in [2.24, 2.45) is 0 Å². The molecule has 2 aromatic carbocycles. The van der Waals surface area contributed by atoms with Crippen LogP contribution in [0.15, 0.2) is 46.9 Å². The zero-order valence-electron chi connectivity index (χ0n) is 14.2. The molecule has 0 bridgehead atoms. The van der Waals surface area contributed by atoms with E-state index < -0.39 is 0 Å². The third-order valence-electron chi connectivity index (χ3n) is 3.88. The highest BCUT2D eigenvalue weighted by molar-refractivity contribution is 5.77. The van der Waals surface area contributed by atoms with Gasteiger partial charge >= 0.3 is 0 Å². The Labute approximate surface area is 145 Å². The van der Waals surface area contributed by atoms with E-state index in [0.717, 1.165) is 27.9 Å². The minimum atomic E-state index is 0.525. The summed E-state index contributed by atoms with van der Waals surface area (Å²) in [6.45, 7) is 5.72. The van der Waals surface area contributed by atoms with Gasteiger partial charge in [-0.15, -0.1) is 0 Å². The van der Waals surface area contributed by atoms with E-state index >= 15 is 0 Å². The first-order valence-corrected chi connectivity index (χ1v) is 8.01. The summed E-state index contributed by atoms with van der Waals surface area (Å²) in [7, 11) is 0. The Morgan fingerprint density at radius 3 is 2.36 bits per heavy atom. The fraction of sp³-hybridized carbons (Fsp3) is 0.158. The molecule has 124 valence electrons. The largest absolute Gasteiger partial charge is 0.436 e. The zero-order chi connectivity index (χ0) is 17.4. The maximum absolute atomic E-state index is 5.90. The summed E-state index contributed by atoms with van der Waals surface area (Å²) in [6, 6.07) is 13.7. The lowest BCUT2D eigenvalue weighted by molar-refractivity contribution is 0.619. The first-order chi connectivity index (χ1) is 12.1. The molecule has 0 fully saturated rings. The Kier molecular flexibility index (Phi) is 3.65. The Morgan fingerprint density at radius 1 is 0.840 bits per heavy atom. The van der Waals surface area contributed by atoms with Crippen molar-refractivity contribution in [1.29, 1.82) is 0 Å². The van der Waals surface area contributed by atoms with Gasteiger partial charge in [-0.25, -0.2) is 9.97 Å². The number of aryl methyl sites for hydroxylation is 3. The molecule has 2 aromatic heterocycles. The number of para-hydroxylation sites is 2. The number of anilines is 2. The number of fused-ring (bicyclic) bond motifs is 1. The van der Waals surface area contributed by atoms with Crippen LogP contribution in [0.25, 0.3) is 22.6 Å². The quantitative estimate of drug-likeness (QED) is 0.601. The molecule has 0 spiro atoms. The van der Waals surface area contributed by atoms with E-state index in [1.54, 1.807) is 0 Å². The van der Waals surface area contributed by atoms with Crippen molar-refractivity contribution in [2.75, 3.05) is 5.32 Å². The van der Waals surface area contributed by atoms with E-state index in [1.807, 2.05) is 63.2 Å². The summed E-state index contributed by atoms with van der Waals surface area (Å²) in [5, 5.41) is 3.23. The van der Waals surface area contributed by atoms with Gasteiger partial charge in [-0.2, -0.15) is 9.97 Å². The van der Waals surface area contributed by atoms with Gasteiger partial charge in [0.2, 0.25) is 11.8 Å². The van der Waals surface area contributed by atoms with Gasteiger partial charge < -0.3 is 9.73 Å². The summed E-state index contributed by atoms with van der Waals surface area (Å²) >= 11 is 0. The van der Waals surface area contributed by atoms with Crippen LogP contribution in [-0.4, -0.2) is 19.9 Å². The molecule has 25 heavy (non-hydrogen) atoms. The van der Waals surface area contributed by atoms with Gasteiger partial charge in [0.05, 0.1) is 0 Å². The van der Waals surface area contributed by atoms with E-state index in [9.17, 15) is 0 Å². The molecule has 4 aromatic rings. The SMILES string of the molecule is Cc1nc(C)nc(Nc2ccc(C)c(-c3nc4ccccc4o3)c2)n1. The minimum Gasteiger partial charge on any atom is -0.436 e. The highest BCUT2D eigenvalue weighted by Crippen LogP contribution is 2.29. The van der Waals surface area contributed by atoms with Gasteiger partial charge in [0, 0.05) is 11.3 Å². The molecule has 0 atom stereocenters. The average Bonchev–Trinajstić information content (AvgIpc) is 2.99. The normalized spacial score (nSPS) is 11.0. The lowest BCUT2D eigenvalue weighted by Gasteiger charge is -2.09. The van der Waals surface area contributed by atoms with Gasteiger partial charge in [-0.1, -0.05) is 18.2 Å². The molecule has 0 aliphatic carbocycles. The summed E-state index contributed by atoms with van der Waals surface area (Å²) in [5.41, 5.74) is 4.51. The van der Waals surface area contributed by atoms with Crippen LogP contribution in [0.4, 0.5) is 11.6 Å². The second-order valence-electron chi connectivity index (χ2n) is 5.89. The van der Waals surface area contributed by atoms with Gasteiger partial charge in [0.25, 0.3) is 0 Å². The van der Waals surface area contributed by atoms with E-state index in [0.29, 0.717) is 23.5 Å². The van der Waals surface area contributed by atoms with Crippen molar-refractivity contribution < 1.29 is 4.42 Å². The van der Waals surface area contributed by atoms with Crippen molar-refractivity contribution in [3.8, 4) is 11.5 Å². The number of nitrogens with zero attached hydrogens (tertiary/aromatic N) is 4. The first kappa shape index (κ1) is 15.3. The molecule has 2 heterocycles. The Morgan fingerprint density at radius 2 is 1.60 bits per heavy atom. The van der Waals surface area contributed by atoms with E-state index in [2.05, 4.69) is 25.3 Å². The summed E-state index contributed by atoms with van der Waals surface area (Å²) in [5.74, 6) is 2.49. The lowest BCUT2D eigenvalue weighted by atomic mass is 10.1. The molecule has 0 unspecified atom stereocenters. The second kappa shape index (κ2) is 5.98. The fourth-order valence-corrected chi connectivity index (χ4v) is 2.72. The minimum absolute atomic E-state index is 0.525. The molecule has 0 radical (unpaired) electrons. The number of hydrogen-bond donors (Lipinski definition) is 1. The molecule has 6 nitrogen and oxygen atoms in total. The van der Waals surface area contributed by atoms with E-state index in [-0.39, 0.29) is 0 Å². The molecular weight excluding hydrogens is 314 g/mol. The van der Waals surface area contributed by atoms with E-state index in [1.165, 1.54) is 0 Å². The van der Waals surface area contributed by atoms with Crippen LogP contribution in [0.3, 0.4) is 0 Å². The van der Waals surface area contributed by atoms with Crippen molar-refractivity contribution in [2.45, 2.75) is 20.8 Å². The number of benzene rings is 2.